The van der Waals surface area contributed by atoms with Crippen molar-refractivity contribution >= 4 is 28.3 Å². The summed E-state index contributed by atoms with van der Waals surface area (Å²) in [5.41, 5.74) is 0.419. The van der Waals surface area contributed by atoms with Crippen molar-refractivity contribution in [3.05, 3.63) is 41.4 Å². The molecule has 1 aromatic heterocycles. The number of rotatable bonds is 5. The van der Waals surface area contributed by atoms with Crippen LogP contribution in [0.15, 0.2) is 35.8 Å². The number of nitrogens with zero attached hydrogens (tertiary/aromatic N) is 1. The standard InChI is InChI=1S/C13H12N2O4S/c1-18-11(16)8-19-10-4-2-3-9(7-10)12(17)15-13-14-5-6-20-13/h2-7H,8H2,1H3,(H,14,15,17). The van der Waals surface area contributed by atoms with Gasteiger partial charge in [-0.05, 0) is 18.2 Å². The molecule has 0 aliphatic carbocycles. The Morgan fingerprint density at radius 1 is 1.40 bits per heavy atom. The van der Waals surface area contributed by atoms with E-state index in [1.165, 1.54) is 18.4 Å². The van der Waals surface area contributed by atoms with Gasteiger partial charge in [-0.1, -0.05) is 6.07 Å². The molecule has 0 saturated carbocycles. The fourth-order valence-electron chi connectivity index (χ4n) is 1.38. The van der Waals surface area contributed by atoms with E-state index in [1.807, 2.05) is 0 Å². The lowest BCUT2D eigenvalue weighted by Crippen LogP contribution is -2.14. The number of anilines is 1. The summed E-state index contributed by atoms with van der Waals surface area (Å²) in [6.45, 7) is -0.200. The maximum Gasteiger partial charge on any atom is 0.343 e. The number of carbonyl (C=O) groups is 2. The number of ether oxygens (including phenoxy) is 2. The lowest BCUT2D eigenvalue weighted by molar-refractivity contribution is -0.142. The molecule has 1 N–H and O–H groups in total. The third-order valence-electron chi connectivity index (χ3n) is 2.33. The largest absolute Gasteiger partial charge is 0.482 e. The van der Waals surface area contributed by atoms with E-state index in [4.69, 9.17) is 4.74 Å². The number of methoxy groups -OCH3 is 1. The molecule has 0 unspecified atom stereocenters. The van der Waals surface area contributed by atoms with Gasteiger partial charge in [0, 0.05) is 17.1 Å². The first kappa shape index (κ1) is 14.0. The molecule has 0 spiro atoms. The Labute approximate surface area is 119 Å². The van der Waals surface area contributed by atoms with Gasteiger partial charge in [0.15, 0.2) is 11.7 Å². The molecule has 0 aliphatic rings. The predicted octanol–water partition coefficient (Wildman–Crippen LogP) is 1.95. The molecule has 6 nitrogen and oxygen atoms in total. The van der Waals surface area contributed by atoms with Crippen LogP contribution < -0.4 is 10.1 Å². The van der Waals surface area contributed by atoms with Crippen molar-refractivity contribution in [1.29, 1.82) is 0 Å². The summed E-state index contributed by atoms with van der Waals surface area (Å²) in [5, 5.41) is 4.96. The molecule has 0 radical (unpaired) electrons. The van der Waals surface area contributed by atoms with Gasteiger partial charge in [-0.3, -0.25) is 10.1 Å². The van der Waals surface area contributed by atoms with Gasteiger partial charge in [0.05, 0.1) is 7.11 Å². The number of nitrogens with one attached hydrogen (secondary N) is 1. The fraction of sp³-hybridized carbons (Fsp3) is 0.154. The zero-order chi connectivity index (χ0) is 14.4. The number of thiazole rings is 1. The quantitative estimate of drug-likeness (QED) is 0.852. The second-order valence-corrected chi connectivity index (χ2v) is 4.58. The molecule has 0 atom stereocenters. The van der Waals surface area contributed by atoms with E-state index < -0.39 is 5.97 Å². The van der Waals surface area contributed by atoms with Crippen LogP contribution in [0.5, 0.6) is 5.75 Å². The monoisotopic (exact) mass is 292 g/mol. The van der Waals surface area contributed by atoms with Crippen molar-refractivity contribution in [2.75, 3.05) is 19.0 Å². The van der Waals surface area contributed by atoms with Crippen molar-refractivity contribution < 1.29 is 19.1 Å². The summed E-state index contributed by atoms with van der Waals surface area (Å²) in [4.78, 5) is 26.9. The molecule has 0 bridgehead atoms. The molecule has 20 heavy (non-hydrogen) atoms. The summed E-state index contributed by atoms with van der Waals surface area (Å²) >= 11 is 1.33. The highest BCUT2D eigenvalue weighted by Crippen LogP contribution is 2.16. The first-order valence-electron chi connectivity index (χ1n) is 5.69. The Morgan fingerprint density at radius 2 is 2.25 bits per heavy atom. The van der Waals surface area contributed by atoms with E-state index in [1.54, 1.807) is 35.8 Å². The zero-order valence-corrected chi connectivity index (χ0v) is 11.5. The van der Waals surface area contributed by atoms with E-state index >= 15 is 0 Å². The summed E-state index contributed by atoms with van der Waals surface area (Å²) in [6.07, 6.45) is 1.61. The number of aromatic nitrogens is 1. The Kier molecular flexibility index (Phi) is 4.67. The number of carbonyl (C=O) groups excluding carboxylic acids is 2. The van der Waals surface area contributed by atoms with Crippen molar-refractivity contribution in [3.63, 3.8) is 0 Å². The van der Waals surface area contributed by atoms with Gasteiger partial charge in [-0.15, -0.1) is 11.3 Å². The Hall–Kier alpha value is -2.41. The highest BCUT2D eigenvalue weighted by Gasteiger charge is 2.09. The molecule has 2 aromatic rings. The van der Waals surface area contributed by atoms with Crippen LogP contribution in [0.1, 0.15) is 10.4 Å². The van der Waals surface area contributed by atoms with Crippen LogP contribution in [0.4, 0.5) is 5.13 Å². The van der Waals surface area contributed by atoms with Gasteiger partial charge in [-0.2, -0.15) is 0 Å². The van der Waals surface area contributed by atoms with Crippen LogP contribution in [0.25, 0.3) is 0 Å². The first-order chi connectivity index (χ1) is 9.69. The van der Waals surface area contributed by atoms with Gasteiger partial charge in [0.25, 0.3) is 5.91 Å². The highest BCUT2D eigenvalue weighted by molar-refractivity contribution is 7.13. The highest BCUT2D eigenvalue weighted by atomic mass is 32.1. The topological polar surface area (TPSA) is 77.5 Å². The normalized spacial score (nSPS) is 9.85. The van der Waals surface area contributed by atoms with Crippen LogP contribution >= 0.6 is 11.3 Å². The Bertz CT molecular complexity index is 598. The maximum absolute atomic E-state index is 12.0. The van der Waals surface area contributed by atoms with Crippen LogP contribution in [0.2, 0.25) is 0 Å². The third kappa shape index (κ3) is 3.79. The molecular weight excluding hydrogens is 280 g/mol. The summed E-state index contributed by atoms with van der Waals surface area (Å²) in [7, 11) is 1.28. The summed E-state index contributed by atoms with van der Waals surface area (Å²) in [6, 6.07) is 6.52. The molecule has 0 fully saturated rings. The second kappa shape index (κ2) is 6.67. The van der Waals surface area contributed by atoms with Gasteiger partial charge < -0.3 is 9.47 Å². The van der Waals surface area contributed by atoms with E-state index in [9.17, 15) is 9.59 Å². The molecule has 0 saturated heterocycles. The second-order valence-electron chi connectivity index (χ2n) is 3.68. The van der Waals surface area contributed by atoms with Crippen LogP contribution in [-0.2, 0) is 9.53 Å². The van der Waals surface area contributed by atoms with E-state index in [0.29, 0.717) is 16.4 Å². The Morgan fingerprint density at radius 3 is 2.95 bits per heavy atom. The molecule has 2 rings (SSSR count). The number of benzene rings is 1. The molecular formula is C13H12N2O4S. The van der Waals surface area contributed by atoms with Crippen molar-refractivity contribution in [2.45, 2.75) is 0 Å². The van der Waals surface area contributed by atoms with E-state index in [2.05, 4.69) is 15.0 Å². The average molecular weight is 292 g/mol. The summed E-state index contributed by atoms with van der Waals surface area (Å²) in [5.74, 6) is -0.353. The van der Waals surface area contributed by atoms with Crippen LogP contribution in [0.3, 0.4) is 0 Å². The molecule has 7 heteroatoms. The van der Waals surface area contributed by atoms with Crippen LogP contribution in [-0.4, -0.2) is 30.6 Å². The molecule has 1 heterocycles. The predicted molar refractivity (Wildman–Crippen MR) is 74.0 cm³/mol. The number of amides is 1. The number of esters is 1. The summed E-state index contributed by atoms with van der Waals surface area (Å²) < 4.78 is 9.69. The Balaban J connectivity index is 2.01. The van der Waals surface area contributed by atoms with Gasteiger partial charge in [0.2, 0.25) is 0 Å². The maximum atomic E-state index is 12.0. The lowest BCUT2D eigenvalue weighted by Gasteiger charge is -2.06. The first-order valence-corrected chi connectivity index (χ1v) is 6.57. The van der Waals surface area contributed by atoms with Gasteiger partial charge in [0.1, 0.15) is 5.75 Å². The molecule has 1 amide bonds. The number of hydrogen-bond donors (Lipinski definition) is 1. The SMILES string of the molecule is COC(=O)COc1cccc(C(=O)Nc2nccs2)c1. The molecule has 104 valence electrons. The fourth-order valence-corrected chi connectivity index (χ4v) is 1.91. The minimum atomic E-state index is -0.484. The van der Waals surface area contributed by atoms with Crippen molar-refractivity contribution in [2.24, 2.45) is 0 Å². The third-order valence-corrected chi connectivity index (χ3v) is 3.02. The van der Waals surface area contributed by atoms with Crippen molar-refractivity contribution in [3.8, 4) is 5.75 Å². The molecule has 0 aliphatic heterocycles. The lowest BCUT2D eigenvalue weighted by atomic mass is 10.2. The van der Waals surface area contributed by atoms with Gasteiger partial charge >= 0.3 is 5.97 Å². The van der Waals surface area contributed by atoms with Crippen LogP contribution in [0, 0.1) is 0 Å². The average Bonchev–Trinajstić information content (AvgIpc) is 2.98. The van der Waals surface area contributed by atoms with Crippen molar-refractivity contribution in [1.82, 2.24) is 4.98 Å². The minimum absolute atomic E-state index is 0.200. The van der Waals surface area contributed by atoms with Gasteiger partial charge in [-0.25, -0.2) is 9.78 Å². The van der Waals surface area contributed by atoms with E-state index in [0.717, 1.165) is 0 Å². The zero-order valence-electron chi connectivity index (χ0n) is 10.7. The number of hydrogen-bond acceptors (Lipinski definition) is 6. The van der Waals surface area contributed by atoms with E-state index in [-0.39, 0.29) is 12.5 Å². The minimum Gasteiger partial charge on any atom is -0.482 e. The molecule has 1 aromatic carbocycles. The smallest absolute Gasteiger partial charge is 0.343 e.